The molecule has 3 atom stereocenters. The maximum Gasteiger partial charge on any atom is 0.323 e. The highest BCUT2D eigenvalue weighted by atomic mass is 16.6. The van der Waals surface area contributed by atoms with Gasteiger partial charge in [-0.2, -0.15) is 0 Å². The van der Waals surface area contributed by atoms with E-state index in [1.165, 1.54) is 0 Å². The van der Waals surface area contributed by atoms with Gasteiger partial charge in [0.25, 0.3) is 0 Å². The van der Waals surface area contributed by atoms with Crippen LogP contribution in [0, 0.1) is 0 Å². The largest absolute Gasteiger partial charge is 0.461 e. The molecule has 1 N–H and O–H groups in total. The Morgan fingerprint density at radius 1 is 1.23 bits per heavy atom. The molecule has 2 saturated heterocycles. The average molecular weight is 304 g/mol. The van der Waals surface area contributed by atoms with Crippen molar-refractivity contribution >= 4 is 5.97 Å². The van der Waals surface area contributed by atoms with Crippen molar-refractivity contribution in [3.05, 3.63) is 35.9 Å². The van der Waals surface area contributed by atoms with Gasteiger partial charge in [-0.25, -0.2) is 0 Å². The summed E-state index contributed by atoms with van der Waals surface area (Å²) >= 11 is 0. The van der Waals surface area contributed by atoms with Crippen molar-refractivity contribution in [2.75, 3.05) is 32.7 Å². The summed E-state index contributed by atoms with van der Waals surface area (Å²) in [5, 5.41) is 10.3. The zero-order chi connectivity index (χ0) is 15.5. The molecule has 0 amide bonds. The van der Waals surface area contributed by atoms with Crippen molar-refractivity contribution < 1.29 is 14.6 Å². The number of nitrogens with zero attached hydrogens (tertiary/aromatic N) is 2. The molecule has 2 fully saturated rings. The van der Waals surface area contributed by atoms with E-state index in [2.05, 4.69) is 9.80 Å². The van der Waals surface area contributed by atoms with Crippen molar-refractivity contribution in [1.82, 2.24) is 9.80 Å². The average Bonchev–Trinajstić information content (AvgIpc) is 2.87. The number of hydrogen-bond donors (Lipinski definition) is 1. The molecule has 2 heterocycles. The third-order valence-electron chi connectivity index (χ3n) is 4.61. The van der Waals surface area contributed by atoms with Crippen molar-refractivity contribution in [3.8, 4) is 0 Å². The quantitative estimate of drug-likeness (QED) is 0.843. The van der Waals surface area contributed by atoms with E-state index < -0.39 is 6.10 Å². The first kappa shape index (κ1) is 15.5. The van der Waals surface area contributed by atoms with Crippen LogP contribution in [0.1, 0.15) is 25.0 Å². The third-order valence-corrected chi connectivity index (χ3v) is 4.61. The van der Waals surface area contributed by atoms with E-state index in [1.54, 1.807) is 0 Å². The van der Waals surface area contributed by atoms with Crippen molar-refractivity contribution in [2.24, 2.45) is 0 Å². The summed E-state index contributed by atoms with van der Waals surface area (Å²) in [4.78, 5) is 16.3. The molecule has 0 aromatic heterocycles. The predicted octanol–water partition coefficient (Wildman–Crippen LogP) is 1.04. The topological polar surface area (TPSA) is 53.0 Å². The summed E-state index contributed by atoms with van der Waals surface area (Å²) < 4.78 is 5.24. The minimum absolute atomic E-state index is 0.0374. The Morgan fingerprint density at radius 2 is 1.91 bits per heavy atom. The minimum Gasteiger partial charge on any atom is -0.461 e. The van der Waals surface area contributed by atoms with Crippen molar-refractivity contribution in [1.29, 1.82) is 0 Å². The Balaban J connectivity index is 1.49. The van der Waals surface area contributed by atoms with Gasteiger partial charge in [0.2, 0.25) is 0 Å². The molecule has 0 radical (unpaired) electrons. The number of β-amino-alcohol motifs (C(OH)–C–C–N with tert-alkyl or cyclic N) is 1. The molecule has 22 heavy (non-hydrogen) atoms. The molecule has 5 nitrogen and oxygen atoms in total. The summed E-state index contributed by atoms with van der Waals surface area (Å²) in [5.41, 5.74) is 0.957. The van der Waals surface area contributed by atoms with E-state index in [1.807, 2.05) is 37.3 Å². The molecule has 3 rings (SSSR count). The number of aliphatic hydroxyl groups excluding tert-OH is 1. The van der Waals surface area contributed by atoms with E-state index in [4.69, 9.17) is 4.74 Å². The van der Waals surface area contributed by atoms with Gasteiger partial charge in [-0.3, -0.25) is 14.6 Å². The van der Waals surface area contributed by atoms with Gasteiger partial charge in [0.05, 0.1) is 6.10 Å². The standard InChI is InChI=1S/C17H24N2O3/c1-13-11-15(17(21)22-13)19-9-7-18(8-10-19)12-16(20)14-5-3-2-4-6-14/h2-6,13,15-16,20H,7-12H2,1H3/t13-,15+,16+/m1/s1. The lowest BCUT2D eigenvalue weighted by atomic mass is 10.1. The highest BCUT2D eigenvalue weighted by molar-refractivity contribution is 5.78. The van der Waals surface area contributed by atoms with Crippen LogP contribution in [0.2, 0.25) is 0 Å². The second kappa shape index (κ2) is 6.77. The normalized spacial score (nSPS) is 28.5. The molecule has 0 bridgehead atoms. The van der Waals surface area contributed by atoms with Gasteiger partial charge < -0.3 is 9.84 Å². The summed E-state index contributed by atoms with van der Waals surface area (Å²) in [6.07, 6.45) is 0.380. The molecule has 2 aliphatic heterocycles. The highest BCUT2D eigenvalue weighted by Gasteiger charge is 2.37. The molecule has 0 saturated carbocycles. The first-order valence-electron chi connectivity index (χ1n) is 8.03. The summed E-state index contributed by atoms with van der Waals surface area (Å²) in [6.45, 7) is 6.06. The number of rotatable bonds is 4. The monoisotopic (exact) mass is 304 g/mol. The van der Waals surface area contributed by atoms with Gasteiger partial charge >= 0.3 is 5.97 Å². The van der Waals surface area contributed by atoms with Crippen LogP contribution < -0.4 is 0 Å². The van der Waals surface area contributed by atoms with Crippen LogP contribution in [0.5, 0.6) is 0 Å². The number of benzene rings is 1. The fraction of sp³-hybridized carbons (Fsp3) is 0.588. The summed E-state index contributed by atoms with van der Waals surface area (Å²) in [7, 11) is 0. The number of esters is 1. The Bertz CT molecular complexity index is 500. The Labute approximate surface area is 131 Å². The summed E-state index contributed by atoms with van der Waals surface area (Å²) in [5.74, 6) is -0.0785. The SMILES string of the molecule is C[C@@H]1C[C@H](N2CCN(C[C@H](O)c3ccccc3)CC2)C(=O)O1. The molecular formula is C17H24N2O3. The molecule has 5 heteroatoms. The van der Waals surface area contributed by atoms with Crippen LogP contribution in [-0.4, -0.2) is 65.7 Å². The smallest absolute Gasteiger partial charge is 0.323 e. The molecule has 0 spiro atoms. The number of aliphatic hydroxyl groups is 1. The Kier molecular flexibility index (Phi) is 4.76. The number of carbonyl (C=O) groups is 1. The van der Waals surface area contributed by atoms with Crippen LogP contribution in [-0.2, 0) is 9.53 Å². The first-order valence-corrected chi connectivity index (χ1v) is 8.03. The maximum atomic E-state index is 11.8. The lowest BCUT2D eigenvalue weighted by Gasteiger charge is -2.37. The molecule has 1 aromatic rings. The maximum absolute atomic E-state index is 11.8. The van der Waals surface area contributed by atoms with E-state index in [-0.39, 0.29) is 18.1 Å². The first-order chi connectivity index (χ1) is 10.6. The van der Waals surface area contributed by atoms with E-state index in [0.29, 0.717) is 6.54 Å². The van der Waals surface area contributed by atoms with Crippen LogP contribution in [0.25, 0.3) is 0 Å². The van der Waals surface area contributed by atoms with Gasteiger partial charge in [-0.15, -0.1) is 0 Å². The number of cyclic esters (lactones) is 1. The van der Waals surface area contributed by atoms with E-state index >= 15 is 0 Å². The number of hydrogen-bond acceptors (Lipinski definition) is 5. The highest BCUT2D eigenvalue weighted by Crippen LogP contribution is 2.22. The van der Waals surface area contributed by atoms with Gasteiger partial charge in [-0.05, 0) is 12.5 Å². The molecule has 120 valence electrons. The molecule has 1 aromatic carbocycles. The number of ether oxygens (including phenoxy) is 1. The van der Waals surface area contributed by atoms with Crippen molar-refractivity contribution in [3.63, 3.8) is 0 Å². The van der Waals surface area contributed by atoms with Crippen LogP contribution >= 0.6 is 0 Å². The third kappa shape index (κ3) is 3.48. The molecule has 0 unspecified atom stereocenters. The van der Waals surface area contributed by atoms with Crippen molar-refractivity contribution in [2.45, 2.75) is 31.6 Å². The zero-order valence-corrected chi connectivity index (χ0v) is 13.0. The second-order valence-corrected chi connectivity index (χ2v) is 6.26. The summed E-state index contributed by atoms with van der Waals surface area (Å²) in [6, 6.07) is 9.69. The van der Waals surface area contributed by atoms with E-state index in [9.17, 15) is 9.90 Å². The van der Waals surface area contributed by atoms with Gasteiger partial charge in [0.1, 0.15) is 12.1 Å². The molecule has 2 aliphatic rings. The van der Waals surface area contributed by atoms with Crippen LogP contribution in [0.4, 0.5) is 0 Å². The fourth-order valence-electron chi connectivity index (χ4n) is 3.32. The Morgan fingerprint density at radius 3 is 2.50 bits per heavy atom. The lowest BCUT2D eigenvalue weighted by Crippen LogP contribution is -2.52. The number of carbonyl (C=O) groups excluding carboxylic acids is 1. The van der Waals surface area contributed by atoms with Gasteiger partial charge in [0, 0.05) is 39.1 Å². The fourth-order valence-corrected chi connectivity index (χ4v) is 3.32. The van der Waals surface area contributed by atoms with Gasteiger partial charge in [-0.1, -0.05) is 30.3 Å². The lowest BCUT2D eigenvalue weighted by molar-refractivity contribution is -0.145. The second-order valence-electron chi connectivity index (χ2n) is 6.26. The molecule has 0 aliphatic carbocycles. The van der Waals surface area contributed by atoms with Crippen LogP contribution in [0.3, 0.4) is 0 Å². The van der Waals surface area contributed by atoms with Crippen LogP contribution in [0.15, 0.2) is 30.3 Å². The molecular weight excluding hydrogens is 280 g/mol. The Hall–Kier alpha value is -1.43. The number of piperazine rings is 1. The zero-order valence-electron chi connectivity index (χ0n) is 13.0. The van der Waals surface area contributed by atoms with Gasteiger partial charge in [0.15, 0.2) is 0 Å². The minimum atomic E-state index is -0.454. The predicted molar refractivity (Wildman–Crippen MR) is 83.4 cm³/mol. The van der Waals surface area contributed by atoms with E-state index in [0.717, 1.165) is 38.2 Å².